The molecule has 0 aliphatic rings. The number of benzene rings is 1. The molecule has 1 atom stereocenters. The average Bonchev–Trinajstić information content (AvgIpc) is 2.08. The molecule has 0 saturated heterocycles. The normalized spacial score (nSPS) is 12.5. The largest absolute Gasteiger partial charge is 0.508 e. The number of hydrogen-bond donors (Lipinski definition) is 3. The van der Waals surface area contributed by atoms with Crippen LogP contribution in [-0.2, 0) is 4.79 Å². The molecule has 0 spiro atoms. The van der Waals surface area contributed by atoms with Crippen molar-refractivity contribution in [3.63, 3.8) is 0 Å². The smallest absolute Gasteiger partial charge is 0.325 e. The van der Waals surface area contributed by atoms with Gasteiger partial charge in [0.05, 0.1) is 0 Å². The first-order valence-electron chi connectivity index (χ1n) is 3.49. The maximum atomic E-state index is 10.5. The standard InChI is InChI=1S/C8H8BrNO3/c9-6-2-1-4(11)3-5(6)7(10)8(12)13/h1-3,7,11H,10H2,(H,12,13)/t7-/m1/s1. The molecule has 13 heavy (non-hydrogen) atoms. The van der Waals surface area contributed by atoms with Crippen LogP contribution in [0.2, 0.25) is 0 Å². The van der Waals surface area contributed by atoms with Gasteiger partial charge in [0.1, 0.15) is 11.8 Å². The van der Waals surface area contributed by atoms with Gasteiger partial charge in [0.25, 0.3) is 0 Å². The van der Waals surface area contributed by atoms with E-state index in [2.05, 4.69) is 15.9 Å². The molecule has 0 aromatic heterocycles. The Bertz CT molecular complexity index is 340. The quantitative estimate of drug-likeness (QED) is 0.732. The fraction of sp³-hybridized carbons (Fsp3) is 0.125. The Morgan fingerprint density at radius 3 is 2.69 bits per heavy atom. The van der Waals surface area contributed by atoms with Gasteiger partial charge in [-0.25, -0.2) is 0 Å². The van der Waals surface area contributed by atoms with Crippen LogP contribution in [0, 0.1) is 0 Å². The summed E-state index contributed by atoms with van der Waals surface area (Å²) in [6.07, 6.45) is 0. The first-order chi connectivity index (χ1) is 6.02. The summed E-state index contributed by atoms with van der Waals surface area (Å²) in [6.45, 7) is 0. The summed E-state index contributed by atoms with van der Waals surface area (Å²) in [4.78, 5) is 10.5. The lowest BCUT2D eigenvalue weighted by molar-refractivity contribution is -0.138. The van der Waals surface area contributed by atoms with Crippen molar-refractivity contribution in [3.8, 4) is 5.75 Å². The summed E-state index contributed by atoms with van der Waals surface area (Å²) in [7, 11) is 0. The third-order valence-electron chi connectivity index (χ3n) is 1.58. The summed E-state index contributed by atoms with van der Waals surface area (Å²) in [5, 5.41) is 17.7. The molecule has 4 N–H and O–H groups in total. The highest BCUT2D eigenvalue weighted by Crippen LogP contribution is 2.26. The zero-order chi connectivity index (χ0) is 10.0. The summed E-state index contributed by atoms with van der Waals surface area (Å²) in [6, 6.07) is 3.19. The summed E-state index contributed by atoms with van der Waals surface area (Å²) in [5.41, 5.74) is 5.72. The van der Waals surface area contributed by atoms with Gasteiger partial charge < -0.3 is 15.9 Å². The van der Waals surface area contributed by atoms with Gasteiger partial charge in [-0.2, -0.15) is 0 Å². The molecule has 70 valence electrons. The number of carboxylic acid groups (broad SMARTS) is 1. The Balaban J connectivity index is 3.12. The van der Waals surface area contributed by atoms with Gasteiger partial charge in [0, 0.05) is 4.47 Å². The molecule has 0 aliphatic heterocycles. The lowest BCUT2D eigenvalue weighted by Crippen LogP contribution is -2.20. The molecule has 0 unspecified atom stereocenters. The van der Waals surface area contributed by atoms with Gasteiger partial charge in [-0.05, 0) is 23.8 Å². The monoisotopic (exact) mass is 245 g/mol. The summed E-state index contributed by atoms with van der Waals surface area (Å²) < 4.78 is 0.570. The first kappa shape index (κ1) is 10.0. The molecular weight excluding hydrogens is 238 g/mol. The van der Waals surface area contributed by atoms with E-state index in [4.69, 9.17) is 15.9 Å². The molecule has 0 aliphatic carbocycles. The Morgan fingerprint density at radius 2 is 2.15 bits per heavy atom. The predicted octanol–water partition coefficient (Wildman–Crippen LogP) is 1.24. The van der Waals surface area contributed by atoms with E-state index in [0.717, 1.165) is 0 Å². The molecule has 4 nitrogen and oxygen atoms in total. The van der Waals surface area contributed by atoms with Crippen LogP contribution in [0.25, 0.3) is 0 Å². The minimum absolute atomic E-state index is 0.00472. The minimum atomic E-state index is -1.13. The number of carbonyl (C=O) groups is 1. The fourth-order valence-corrected chi connectivity index (χ4v) is 1.40. The van der Waals surface area contributed by atoms with Crippen LogP contribution >= 0.6 is 15.9 Å². The predicted molar refractivity (Wildman–Crippen MR) is 50.4 cm³/mol. The van der Waals surface area contributed by atoms with Gasteiger partial charge in [-0.3, -0.25) is 4.79 Å². The van der Waals surface area contributed by atoms with Crippen LogP contribution in [0.15, 0.2) is 22.7 Å². The zero-order valence-corrected chi connectivity index (χ0v) is 8.15. The number of halogens is 1. The van der Waals surface area contributed by atoms with Crippen molar-refractivity contribution in [2.75, 3.05) is 0 Å². The molecular formula is C8H8BrNO3. The van der Waals surface area contributed by atoms with E-state index in [1.165, 1.54) is 12.1 Å². The molecule has 0 radical (unpaired) electrons. The topological polar surface area (TPSA) is 83.6 Å². The SMILES string of the molecule is N[C@@H](C(=O)O)c1cc(O)ccc1Br. The van der Waals surface area contributed by atoms with Gasteiger partial charge in [0.2, 0.25) is 0 Å². The lowest BCUT2D eigenvalue weighted by atomic mass is 10.1. The van der Waals surface area contributed by atoms with E-state index in [1.807, 2.05) is 0 Å². The first-order valence-corrected chi connectivity index (χ1v) is 4.28. The third kappa shape index (κ3) is 2.19. The number of carboxylic acids is 1. The number of rotatable bonds is 2. The van der Waals surface area contributed by atoms with Crippen LogP contribution < -0.4 is 5.73 Å². The number of aliphatic carboxylic acids is 1. The molecule has 5 heteroatoms. The van der Waals surface area contributed by atoms with Gasteiger partial charge in [-0.15, -0.1) is 0 Å². The van der Waals surface area contributed by atoms with Crippen molar-refractivity contribution >= 4 is 21.9 Å². The maximum Gasteiger partial charge on any atom is 0.325 e. The van der Waals surface area contributed by atoms with Crippen LogP contribution in [0.5, 0.6) is 5.75 Å². The van der Waals surface area contributed by atoms with Crippen molar-refractivity contribution < 1.29 is 15.0 Å². The Hall–Kier alpha value is -1.07. The number of nitrogens with two attached hydrogens (primary N) is 1. The molecule has 0 amide bonds. The van der Waals surface area contributed by atoms with Crippen molar-refractivity contribution in [1.29, 1.82) is 0 Å². The minimum Gasteiger partial charge on any atom is -0.508 e. The Kier molecular flexibility index (Phi) is 2.90. The Morgan fingerprint density at radius 1 is 1.54 bits per heavy atom. The molecule has 1 rings (SSSR count). The maximum absolute atomic E-state index is 10.5. The van der Waals surface area contributed by atoms with Gasteiger partial charge in [0.15, 0.2) is 0 Å². The van der Waals surface area contributed by atoms with Crippen molar-refractivity contribution in [1.82, 2.24) is 0 Å². The molecule has 1 aromatic rings. The summed E-state index contributed by atoms with van der Waals surface area (Å²) in [5.74, 6) is -1.14. The van der Waals surface area contributed by atoms with Crippen molar-refractivity contribution in [2.45, 2.75) is 6.04 Å². The van der Waals surface area contributed by atoms with E-state index in [9.17, 15) is 4.79 Å². The highest BCUT2D eigenvalue weighted by atomic mass is 79.9. The zero-order valence-electron chi connectivity index (χ0n) is 6.57. The third-order valence-corrected chi connectivity index (χ3v) is 2.30. The fourth-order valence-electron chi connectivity index (χ4n) is 0.903. The van der Waals surface area contributed by atoms with E-state index in [0.29, 0.717) is 10.0 Å². The van der Waals surface area contributed by atoms with Crippen LogP contribution in [0.4, 0.5) is 0 Å². The highest BCUT2D eigenvalue weighted by Gasteiger charge is 2.17. The molecule has 1 aromatic carbocycles. The second-order valence-corrected chi connectivity index (χ2v) is 3.38. The van der Waals surface area contributed by atoms with Crippen molar-refractivity contribution in [2.24, 2.45) is 5.73 Å². The van der Waals surface area contributed by atoms with E-state index >= 15 is 0 Å². The van der Waals surface area contributed by atoms with Crippen LogP contribution in [-0.4, -0.2) is 16.2 Å². The number of hydrogen-bond acceptors (Lipinski definition) is 3. The van der Waals surface area contributed by atoms with Crippen LogP contribution in [0.1, 0.15) is 11.6 Å². The van der Waals surface area contributed by atoms with E-state index in [-0.39, 0.29) is 5.75 Å². The molecule has 0 saturated carbocycles. The second-order valence-electron chi connectivity index (χ2n) is 2.52. The van der Waals surface area contributed by atoms with Crippen molar-refractivity contribution in [3.05, 3.63) is 28.2 Å². The van der Waals surface area contributed by atoms with Gasteiger partial charge >= 0.3 is 5.97 Å². The van der Waals surface area contributed by atoms with Crippen LogP contribution in [0.3, 0.4) is 0 Å². The highest BCUT2D eigenvalue weighted by molar-refractivity contribution is 9.10. The summed E-state index contributed by atoms with van der Waals surface area (Å²) >= 11 is 3.14. The molecule has 0 heterocycles. The molecule has 0 fully saturated rings. The van der Waals surface area contributed by atoms with Gasteiger partial charge in [-0.1, -0.05) is 15.9 Å². The average molecular weight is 246 g/mol. The molecule has 0 bridgehead atoms. The van der Waals surface area contributed by atoms with E-state index in [1.54, 1.807) is 6.07 Å². The lowest BCUT2D eigenvalue weighted by Gasteiger charge is -2.08. The second kappa shape index (κ2) is 3.76. The van der Waals surface area contributed by atoms with E-state index < -0.39 is 12.0 Å². The Labute approximate surface area is 83.1 Å². The number of phenols is 1. The number of aromatic hydroxyl groups is 1. The number of phenolic OH excluding ortho intramolecular Hbond substituents is 1.